The van der Waals surface area contributed by atoms with Crippen molar-refractivity contribution in [2.45, 2.75) is 43.7 Å². The number of carboxylic acid groups (broad SMARTS) is 1. The minimum Gasteiger partial charge on any atom is -0.504 e. The van der Waals surface area contributed by atoms with Crippen molar-refractivity contribution in [2.24, 2.45) is 5.16 Å². The van der Waals surface area contributed by atoms with Crippen LogP contribution >= 0.6 is 23.3 Å². The lowest BCUT2D eigenvalue weighted by Crippen LogP contribution is -2.70. The number of aromatic hydroxyl groups is 2. The molecule has 20 nitrogen and oxygen atoms in total. The summed E-state index contributed by atoms with van der Waals surface area (Å²) >= 11 is 2.19. The average Bonchev–Trinajstić information content (AvgIpc) is 3.90. The van der Waals surface area contributed by atoms with Crippen LogP contribution in [0, 0.1) is 5.82 Å². The number of tetrazole rings is 1. The number of nitrogens with one attached hydrogen (secondary N) is 3. The Morgan fingerprint density at radius 2 is 2.00 bits per heavy atom. The smallest absolute Gasteiger partial charge is 0.350 e. The van der Waals surface area contributed by atoms with Crippen molar-refractivity contribution in [3.05, 3.63) is 40.7 Å². The number of H-pyrrole nitrogens is 1. The minimum absolute atomic E-state index is 0.0250. The molecule has 8 N–H and O–H groups in total. The number of β-lactam (4-membered cyclic amide) rings is 1. The van der Waals surface area contributed by atoms with Gasteiger partial charge in [-0.25, -0.2) is 14.3 Å². The number of phenols is 2. The van der Waals surface area contributed by atoms with Crippen LogP contribution in [0.3, 0.4) is 0 Å². The quantitative estimate of drug-likeness (QED) is 0.0384. The lowest BCUT2D eigenvalue weighted by molar-refractivity contribution is -0.911. The Kier molecular flexibility index (Phi) is 10.0. The molecule has 3 amide bonds. The third kappa shape index (κ3) is 7.05. The summed E-state index contributed by atoms with van der Waals surface area (Å²) in [6.45, 7) is 5.15. The minimum atomic E-state index is -1.80. The lowest BCUT2D eigenvalue weighted by atomic mass is 10.0. The van der Waals surface area contributed by atoms with Crippen LogP contribution in [0.2, 0.25) is 0 Å². The molecule has 3 aliphatic rings. The van der Waals surface area contributed by atoms with E-state index >= 15 is 0 Å². The van der Waals surface area contributed by atoms with Crippen molar-refractivity contribution in [2.75, 3.05) is 44.2 Å². The summed E-state index contributed by atoms with van der Waals surface area (Å²) in [4.78, 5) is 62.2. The second-order valence-corrected chi connectivity index (χ2v) is 14.7. The fraction of sp³-hybridized carbons (Fsp3) is 0.448. The molecule has 23 heteroatoms. The maximum Gasteiger partial charge on any atom is 0.350 e. The molecule has 2 atom stereocenters. The molecule has 2 saturated heterocycles. The number of anilines is 1. The number of carbonyl (C=O) groups is 4. The van der Waals surface area contributed by atoms with Crippen LogP contribution in [0.1, 0.15) is 48.7 Å². The van der Waals surface area contributed by atoms with Crippen molar-refractivity contribution in [3.8, 4) is 11.5 Å². The second-order valence-electron chi connectivity index (χ2n) is 12.8. The van der Waals surface area contributed by atoms with Gasteiger partial charge in [0.05, 0.1) is 37.4 Å². The fourth-order valence-corrected chi connectivity index (χ4v) is 7.89. The number of aromatic amines is 1. The number of amides is 3. The predicted molar refractivity (Wildman–Crippen MR) is 181 cm³/mol. The molecular formula is C29H34FN12O8S2+. The highest BCUT2D eigenvalue weighted by Gasteiger charge is 2.55. The van der Waals surface area contributed by atoms with Gasteiger partial charge in [-0.3, -0.25) is 19.3 Å². The van der Waals surface area contributed by atoms with E-state index in [2.05, 4.69) is 45.8 Å². The lowest BCUT2D eigenvalue weighted by Gasteiger charge is -2.50. The molecule has 2 aromatic heterocycles. The first-order valence-electron chi connectivity index (χ1n) is 15.9. The number of likely N-dealkylation sites (tertiary alicyclic amines) is 1. The molecule has 0 aliphatic carbocycles. The molecule has 6 rings (SSSR count). The Bertz CT molecular complexity index is 1960. The molecule has 5 heterocycles. The van der Waals surface area contributed by atoms with Crippen molar-refractivity contribution >= 4 is 63.5 Å². The summed E-state index contributed by atoms with van der Waals surface area (Å²) in [5, 5.41) is 51.4. The van der Waals surface area contributed by atoms with Gasteiger partial charge in [-0.15, -0.1) is 16.9 Å². The summed E-state index contributed by atoms with van der Waals surface area (Å²) in [6.07, 6.45) is 1.84. The van der Waals surface area contributed by atoms with E-state index in [0.717, 1.165) is 55.2 Å². The highest BCUT2D eigenvalue weighted by molar-refractivity contribution is 8.00. The zero-order valence-electron chi connectivity index (χ0n) is 27.7. The van der Waals surface area contributed by atoms with Gasteiger partial charge in [-0.1, -0.05) is 5.16 Å². The number of quaternary nitrogens is 1. The van der Waals surface area contributed by atoms with E-state index in [9.17, 15) is 38.9 Å². The molecule has 52 heavy (non-hydrogen) atoms. The Hall–Kier alpha value is -5.42. The first-order valence-corrected chi connectivity index (χ1v) is 17.7. The third-order valence-corrected chi connectivity index (χ3v) is 10.8. The Labute approximate surface area is 302 Å². The number of carboxylic acids is 1. The molecule has 0 radical (unpaired) electrons. The number of nitrogens with two attached hydrogens (primary N) is 1. The van der Waals surface area contributed by atoms with Gasteiger partial charge in [0.1, 0.15) is 18.0 Å². The second kappa shape index (κ2) is 14.3. The van der Waals surface area contributed by atoms with Gasteiger partial charge in [0.15, 0.2) is 28.3 Å². The van der Waals surface area contributed by atoms with E-state index in [1.807, 2.05) is 0 Å². The van der Waals surface area contributed by atoms with E-state index < -0.39 is 69.3 Å². The number of halogens is 1. The van der Waals surface area contributed by atoms with E-state index in [4.69, 9.17) is 10.6 Å². The molecule has 276 valence electrons. The Morgan fingerprint density at radius 3 is 2.65 bits per heavy atom. The summed E-state index contributed by atoms with van der Waals surface area (Å²) in [6, 6.07) is 1.10. The predicted octanol–water partition coefficient (Wildman–Crippen LogP) is -0.381. The Morgan fingerprint density at radius 1 is 1.25 bits per heavy atom. The van der Waals surface area contributed by atoms with Crippen molar-refractivity contribution < 1.29 is 48.2 Å². The number of phenolic OH excluding ortho intramolecular Hbond substituents is 2. The number of rotatable bonds is 13. The van der Waals surface area contributed by atoms with Crippen LogP contribution in [0.25, 0.3) is 5.70 Å². The number of benzene rings is 1. The van der Waals surface area contributed by atoms with Gasteiger partial charge in [0.2, 0.25) is 17.1 Å². The van der Waals surface area contributed by atoms with Crippen LogP contribution in [0.5, 0.6) is 11.5 Å². The van der Waals surface area contributed by atoms with Crippen LogP contribution in [-0.2, 0) is 19.2 Å². The molecule has 2 fully saturated rings. The van der Waals surface area contributed by atoms with Crippen molar-refractivity contribution in [3.63, 3.8) is 0 Å². The van der Waals surface area contributed by atoms with Crippen molar-refractivity contribution in [1.29, 1.82) is 0 Å². The zero-order valence-corrected chi connectivity index (χ0v) is 29.3. The number of hydrogen-bond acceptors (Lipinski definition) is 16. The van der Waals surface area contributed by atoms with Gasteiger partial charge in [-0.2, -0.15) is 9.36 Å². The fourth-order valence-electron chi connectivity index (χ4n) is 6.12. The maximum absolute atomic E-state index is 14.4. The molecule has 0 saturated carbocycles. The highest BCUT2D eigenvalue weighted by atomic mass is 32.2. The molecule has 3 aromatic rings. The number of nitrogens with zero attached hydrogens (tertiary/aromatic N) is 8. The molecule has 0 bridgehead atoms. The Balaban J connectivity index is 1.19. The summed E-state index contributed by atoms with van der Waals surface area (Å²) < 4.78 is 19.0. The van der Waals surface area contributed by atoms with Gasteiger partial charge < -0.3 is 41.0 Å². The van der Waals surface area contributed by atoms with E-state index in [-0.39, 0.29) is 23.3 Å². The maximum atomic E-state index is 14.4. The van der Waals surface area contributed by atoms with E-state index in [1.165, 1.54) is 30.5 Å². The summed E-state index contributed by atoms with van der Waals surface area (Å²) in [5.41, 5.74) is 4.35. The number of carbonyl (C=O) groups excluding carboxylic acids is 3. The number of aliphatic carboxylic acids is 1. The van der Waals surface area contributed by atoms with Crippen LogP contribution in [0.15, 0.2) is 22.9 Å². The third-order valence-electron chi connectivity index (χ3n) is 8.90. The number of fused-ring (bicyclic) bond motifs is 1. The monoisotopic (exact) mass is 761 g/mol. The first kappa shape index (κ1) is 36.4. The van der Waals surface area contributed by atoms with Gasteiger partial charge in [0, 0.05) is 35.7 Å². The normalized spacial score (nSPS) is 19.9. The largest absolute Gasteiger partial charge is 0.504 e. The molecular weight excluding hydrogens is 728 g/mol. The first-order chi connectivity index (χ1) is 24.7. The van der Waals surface area contributed by atoms with Crippen molar-refractivity contribution in [1.82, 2.24) is 45.5 Å². The molecule has 0 spiro atoms. The molecule has 0 unspecified atom stereocenters. The molecule has 3 aliphatic heterocycles. The van der Waals surface area contributed by atoms with Gasteiger partial charge >= 0.3 is 5.97 Å². The van der Waals surface area contributed by atoms with Crippen LogP contribution < -0.4 is 16.4 Å². The van der Waals surface area contributed by atoms with Crippen LogP contribution in [-0.4, -0.2) is 140 Å². The number of thioether (sulfide) groups is 1. The number of hydrogen-bond donors (Lipinski definition) is 7. The summed E-state index contributed by atoms with van der Waals surface area (Å²) in [7, 11) is 0. The topological polar surface area (TPSA) is 284 Å². The van der Waals surface area contributed by atoms with E-state index in [1.54, 1.807) is 0 Å². The average molecular weight is 762 g/mol. The van der Waals surface area contributed by atoms with Gasteiger partial charge in [0.25, 0.3) is 17.7 Å². The SMILES string of the molecule is CC(C)(O/N=C(\C(=O)N[C@@H]1C(=O)N2C(c3nnn[nH]3)=C(C[N+]3(CCNC(=O)c4ccc(O)c(O)c4F)CCCC3)CS[C@H]12)c1nsc(N)n1)C(=O)O. The van der Waals surface area contributed by atoms with Gasteiger partial charge in [-0.05, 0) is 36.4 Å². The highest BCUT2D eigenvalue weighted by Crippen LogP contribution is 2.44. The van der Waals surface area contributed by atoms with Crippen LogP contribution in [0.4, 0.5) is 9.52 Å². The number of oxime groups is 1. The number of aromatic nitrogens is 6. The standard InChI is InChI=1S/C29H33FN12O8S2/c1-29(2,27(48)49)50-37-17(21-34-28(31)52-38-21)24(46)33-18-25(47)41-19(22-35-39-40-36-22)13(12-51-26(18)41)11-42(8-3-4-9-42)10-7-32-23(45)14-5-6-15(43)20(44)16(14)30/h5-6,18,26H,3-4,7-12H2,1-2H3,(H7-,31,32,33,34,35,36,37,38,39,40,43,44,45,46,48,49)/p+1/t18-,26-/m1/s1. The van der Waals surface area contributed by atoms with E-state index in [0.29, 0.717) is 29.0 Å². The summed E-state index contributed by atoms with van der Waals surface area (Å²) in [5.74, 6) is -5.86. The molecule has 1 aromatic carbocycles. The number of nitrogen functional groups attached to an aromatic ring is 1. The zero-order chi connectivity index (χ0) is 37.4.